The lowest BCUT2D eigenvalue weighted by Gasteiger charge is -2.09. The quantitative estimate of drug-likeness (QED) is 0.799. The summed E-state index contributed by atoms with van der Waals surface area (Å²) >= 11 is 0. The van der Waals surface area contributed by atoms with Crippen molar-refractivity contribution in [2.45, 2.75) is 19.9 Å². The van der Waals surface area contributed by atoms with E-state index in [9.17, 15) is 4.79 Å². The van der Waals surface area contributed by atoms with E-state index in [0.29, 0.717) is 0 Å². The van der Waals surface area contributed by atoms with Gasteiger partial charge in [-0.25, -0.2) is 0 Å². The molecule has 0 saturated carbocycles. The number of nitrogens with one attached hydrogen (secondary N) is 1. The van der Waals surface area contributed by atoms with E-state index in [1.165, 1.54) is 0 Å². The van der Waals surface area contributed by atoms with E-state index in [1.807, 2.05) is 13.8 Å². The van der Waals surface area contributed by atoms with Gasteiger partial charge in [0.25, 0.3) is 5.56 Å². The second-order valence-corrected chi connectivity index (χ2v) is 3.61. The van der Waals surface area contributed by atoms with E-state index >= 15 is 0 Å². The zero-order valence-corrected chi connectivity index (χ0v) is 8.64. The Kier molecular flexibility index (Phi) is 2.37. The molecule has 0 aliphatic heterocycles. The Hall–Kier alpha value is -1.91. The van der Waals surface area contributed by atoms with Crippen LogP contribution in [0.3, 0.4) is 0 Å². The molecule has 0 radical (unpaired) electrons. The number of hydrogen-bond donors (Lipinski definition) is 1. The van der Waals surface area contributed by atoms with E-state index in [2.05, 4.69) is 15.4 Å². The van der Waals surface area contributed by atoms with Gasteiger partial charge in [0.2, 0.25) is 0 Å². The first-order valence-electron chi connectivity index (χ1n) is 4.77. The molecule has 0 bridgehead atoms. The maximum absolute atomic E-state index is 11.5. The number of aromatic nitrogens is 4. The molecular weight excluding hydrogens is 192 g/mol. The summed E-state index contributed by atoms with van der Waals surface area (Å²) in [7, 11) is 0. The molecular formula is C10H12N4O. The van der Waals surface area contributed by atoms with Crippen LogP contribution in [0.4, 0.5) is 0 Å². The van der Waals surface area contributed by atoms with Crippen LogP contribution in [0.2, 0.25) is 0 Å². The van der Waals surface area contributed by atoms with Gasteiger partial charge < -0.3 is 4.57 Å². The van der Waals surface area contributed by atoms with Gasteiger partial charge in [0.15, 0.2) is 0 Å². The second-order valence-electron chi connectivity index (χ2n) is 3.61. The Morgan fingerprint density at radius 3 is 2.80 bits per heavy atom. The van der Waals surface area contributed by atoms with Crippen LogP contribution in [0.15, 0.2) is 29.3 Å². The van der Waals surface area contributed by atoms with E-state index < -0.39 is 0 Å². The molecule has 78 valence electrons. The fraction of sp³-hybridized carbons (Fsp3) is 0.300. The van der Waals surface area contributed by atoms with Gasteiger partial charge in [0, 0.05) is 23.9 Å². The van der Waals surface area contributed by atoms with Gasteiger partial charge in [-0.2, -0.15) is 15.4 Å². The van der Waals surface area contributed by atoms with Gasteiger partial charge in [-0.05, 0) is 19.9 Å². The molecule has 0 unspecified atom stereocenters. The van der Waals surface area contributed by atoms with Crippen molar-refractivity contribution in [1.29, 1.82) is 0 Å². The molecule has 0 aliphatic rings. The lowest BCUT2D eigenvalue weighted by atomic mass is 10.2. The van der Waals surface area contributed by atoms with Gasteiger partial charge in [-0.1, -0.05) is 0 Å². The third kappa shape index (κ3) is 1.81. The number of pyridine rings is 1. The molecule has 5 nitrogen and oxygen atoms in total. The van der Waals surface area contributed by atoms with Crippen LogP contribution < -0.4 is 5.56 Å². The van der Waals surface area contributed by atoms with Crippen LogP contribution in [0, 0.1) is 0 Å². The van der Waals surface area contributed by atoms with E-state index in [0.717, 1.165) is 11.3 Å². The molecule has 2 rings (SSSR count). The van der Waals surface area contributed by atoms with Crippen molar-refractivity contribution in [2.75, 3.05) is 0 Å². The Balaban J connectivity index is 2.53. The summed E-state index contributed by atoms with van der Waals surface area (Å²) in [6.07, 6.45) is 3.43. The van der Waals surface area contributed by atoms with Gasteiger partial charge in [-0.3, -0.25) is 4.79 Å². The van der Waals surface area contributed by atoms with Crippen LogP contribution in [0.1, 0.15) is 19.9 Å². The largest absolute Gasteiger partial charge is 0.312 e. The Bertz CT molecular complexity index is 498. The van der Waals surface area contributed by atoms with Crippen LogP contribution in [-0.2, 0) is 0 Å². The Morgan fingerprint density at radius 1 is 1.40 bits per heavy atom. The molecule has 0 aliphatic carbocycles. The van der Waals surface area contributed by atoms with Crippen LogP contribution in [-0.4, -0.2) is 20.0 Å². The number of aromatic amines is 1. The van der Waals surface area contributed by atoms with Crippen molar-refractivity contribution in [1.82, 2.24) is 20.0 Å². The van der Waals surface area contributed by atoms with Crippen LogP contribution in [0.5, 0.6) is 0 Å². The predicted molar refractivity (Wildman–Crippen MR) is 56.5 cm³/mol. The number of rotatable bonds is 2. The third-order valence-corrected chi connectivity index (χ3v) is 2.21. The van der Waals surface area contributed by atoms with E-state index in [1.54, 1.807) is 29.1 Å². The van der Waals surface area contributed by atoms with Crippen LogP contribution >= 0.6 is 0 Å². The molecule has 0 atom stereocenters. The molecule has 1 N–H and O–H groups in total. The Labute approximate surface area is 86.8 Å². The van der Waals surface area contributed by atoms with Crippen molar-refractivity contribution in [3.8, 4) is 11.3 Å². The monoisotopic (exact) mass is 204 g/mol. The SMILES string of the molecule is CC(C)n1cc(-c2cn[nH]n2)ccc1=O. The predicted octanol–water partition coefficient (Wildman–Crippen LogP) is 1.21. The van der Waals surface area contributed by atoms with Crippen molar-refractivity contribution < 1.29 is 0 Å². The fourth-order valence-corrected chi connectivity index (χ4v) is 1.40. The molecule has 0 fully saturated rings. The minimum Gasteiger partial charge on any atom is -0.312 e. The summed E-state index contributed by atoms with van der Waals surface area (Å²) in [5.41, 5.74) is 1.62. The highest BCUT2D eigenvalue weighted by Crippen LogP contribution is 2.14. The zero-order valence-electron chi connectivity index (χ0n) is 8.64. The summed E-state index contributed by atoms with van der Waals surface area (Å²) in [4.78, 5) is 11.5. The van der Waals surface area contributed by atoms with Crippen molar-refractivity contribution in [2.24, 2.45) is 0 Å². The fourth-order valence-electron chi connectivity index (χ4n) is 1.40. The molecule has 15 heavy (non-hydrogen) atoms. The maximum atomic E-state index is 11.5. The lowest BCUT2D eigenvalue weighted by molar-refractivity contribution is 0.579. The highest BCUT2D eigenvalue weighted by Gasteiger charge is 2.05. The minimum absolute atomic E-state index is 0.00255. The third-order valence-electron chi connectivity index (χ3n) is 2.21. The summed E-state index contributed by atoms with van der Waals surface area (Å²) in [5, 5.41) is 10.2. The van der Waals surface area contributed by atoms with Gasteiger partial charge in [0.05, 0.1) is 6.20 Å². The average molecular weight is 204 g/mol. The van der Waals surface area contributed by atoms with E-state index in [4.69, 9.17) is 0 Å². The molecule has 2 aromatic heterocycles. The Morgan fingerprint density at radius 2 is 2.20 bits per heavy atom. The molecule has 0 amide bonds. The summed E-state index contributed by atoms with van der Waals surface area (Å²) in [5.74, 6) is 0. The highest BCUT2D eigenvalue weighted by atomic mass is 16.1. The van der Waals surface area contributed by atoms with Gasteiger partial charge in [0.1, 0.15) is 5.69 Å². The topological polar surface area (TPSA) is 63.6 Å². The first-order chi connectivity index (χ1) is 7.18. The normalized spacial score (nSPS) is 10.9. The van der Waals surface area contributed by atoms with Crippen molar-refractivity contribution in [3.05, 3.63) is 34.9 Å². The summed E-state index contributed by atoms with van der Waals surface area (Å²) in [6, 6.07) is 3.44. The molecule has 0 saturated heterocycles. The smallest absolute Gasteiger partial charge is 0.250 e. The van der Waals surface area contributed by atoms with Crippen molar-refractivity contribution in [3.63, 3.8) is 0 Å². The van der Waals surface area contributed by atoms with Gasteiger partial charge in [-0.15, -0.1) is 0 Å². The second kappa shape index (κ2) is 3.68. The summed E-state index contributed by atoms with van der Waals surface area (Å²) < 4.78 is 1.67. The average Bonchev–Trinajstić information content (AvgIpc) is 2.71. The number of hydrogen-bond acceptors (Lipinski definition) is 3. The van der Waals surface area contributed by atoms with Crippen molar-refractivity contribution >= 4 is 0 Å². The van der Waals surface area contributed by atoms with Crippen LogP contribution in [0.25, 0.3) is 11.3 Å². The molecule has 5 heteroatoms. The van der Waals surface area contributed by atoms with E-state index in [-0.39, 0.29) is 11.6 Å². The standard InChI is InChI=1S/C10H12N4O/c1-7(2)14-6-8(3-4-10(14)15)9-5-11-13-12-9/h3-7H,1-2H3,(H,11,12,13). The molecule has 2 heterocycles. The molecule has 0 spiro atoms. The maximum Gasteiger partial charge on any atom is 0.250 e. The number of nitrogens with zero attached hydrogens (tertiary/aromatic N) is 3. The molecule has 0 aromatic carbocycles. The molecule has 2 aromatic rings. The number of H-pyrrole nitrogens is 1. The van der Waals surface area contributed by atoms with Gasteiger partial charge >= 0.3 is 0 Å². The first kappa shape index (κ1) is 9.64. The first-order valence-corrected chi connectivity index (χ1v) is 4.77. The summed E-state index contributed by atoms with van der Waals surface area (Å²) in [6.45, 7) is 3.93. The highest BCUT2D eigenvalue weighted by molar-refractivity contribution is 5.55. The zero-order chi connectivity index (χ0) is 10.8. The minimum atomic E-state index is -0.00255. The lowest BCUT2D eigenvalue weighted by Crippen LogP contribution is -2.20.